The molecule has 1 aliphatic heterocycles. The van der Waals surface area contributed by atoms with Crippen LogP contribution in [0.1, 0.15) is 36.0 Å². The number of hydrogen-bond acceptors (Lipinski definition) is 2. The van der Waals surface area contributed by atoms with Crippen LogP contribution in [0.15, 0.2) is 18.2 Å². The summed E-state index contributed by atoms with van der Waals surface area (Å²) < 4.78 is 0. The van der Waals surface area contributed by atoms with E-state index in [-0.39, 0.29) is 17.9 Å². The summed E-state index contributed by atoms with van der Waals surface area (Å²) in [6.07, 6.45) is 2.49. The van der Waals surface area contributed by atoms with E-state index in [4.69, 9.17) is 0 Å². The Kier molecular flexibility index (Phi) is 4.99. The fourth-order valence-electron chi connectivity index (χ4n) is 2.74. The lowest BCUT2D eigenvalue weighted by Crippen LogP contribution is -2.46. The number of hydrogen-bond donors (Lipinski definition) is 1. The van der Waals surface area contributed by atoms with Crippen molar-refractivity contribution >= 4 is 11.8 Å². The predicted molar refractivity (Wildman–Crippen MR) is 83.0 cm³/mol. The van der Waals surface area contributed by atoms with Gasteiger partial charge in [-0.3, -0.25) is 9.59 Å². The largest absolute Gasteiger partial charge is 0.353 e. The Morgan fingerprint density at radius 3 is 2.81 bits per heavy atom. The van der Waals surface area contributed by atoms with Crippen LogP contribution in [0.5, 0.6) is 0 Å². The number of likely N-dealkylation sites (tertiary alicyclic amines) is 1. The molecule has 0 aliphatic carbocycles. The summed E-state index contributed by atoms with van der Waals surface area (Å²) in [7, 11) is 1.81. The zero-order chi connectivity index (χ0) is 15.4. The molecule has 4 nitrogen and oxygen atoms in total. The Hall–Kier alpha value is -1.84. The van der Waals surface area contributed by atoms with Crippen LogP contribution in [0.4, 0.5) is 0 Å². The van der Waals surface area contributed by atoms with Crippen LogP contribution in [0.3, 0.4) is 0 Å². The molecule has 1 aromatic carbocycles. The van der Waals surface area contributed by atoms with Gasteiger partial charge in [0.25, 0.3) is 0 Å². The van der Waals surface area contributed by atoms with E-state index in [1.54, 1.807) is 11.9 Å². The van der Waals surface area contributed by atoms with Gasteiger partial charge in [0.05, 0.1) is 0 Å². The molecule has 0 spiro atoms. The molecule has 2 amide bonds. The third-order valence-electron chi connectivity index (χ3n) is 4.14. The van der Waals surface area contributed by atoms with E-state index in [0.717, 1.165) is 19.4 Å². The predicted octanol–water partition coefficient (Wildman–Crippen LogP) is 1.97. The average molecular weight is 288 g/mol. The summed E-state index contributed by atoms with van der Waals surface area (Å²) in [6, 6.07) is 6.32. The van der Waals surface area contributed by atoms with E-state index >= 15 is 0 Å². The SMILES string of the molecule is Cc1ccc(CCC(=O)N[C@@H]2CCN(C)C(=O)C2)c(C)c1. The first-order valence-electron chi connectivity index (χ1n) is 7.55. The maximum atomic E-state index is 12.0. The van der Waals surface area contributed by atoms with Gasteiger partial charge in [0.15, 0.2) is 0 Å². The molecule has 1 aliphatic rings. The van der Waals surface area contributed by atoms with Gasteiger partial charge in [-0.2, -0.15) is 0 Å². The van der Waals surface area contributed by atoms with Crippen molar-refractivity contribution in [2.75, 3.05) is 13.6 Å². The molecule has 1 aromatic rings. The summed E-state index contributed by atoms with van der Waals surface area (Å²) in [6.45, 7) is 4.87. The van der Waals surface area contributed by atoms with Crippen molar-refractivity contribution in [3.63, 3.8) is 0 Å². The van der Waals surface area contributed by atoms with Crippen LogP contribution in [-0.2, 0) is 16.0 Å². The van der Waals surface area contributed by atoms with Gasteiger partial charge >= 0.3 is 0 Å². The molecule has 2 rings (SSSR count). The lowest BCUT2D eigenvalue weighted by Gasteiger charge is -2.29. The highest BCUT2D eigenvalue weighted by Gasteiger charge is 2.24. The normalized spacial score (nSPS) is 18.7. The van der Waals surface area contributed by atoms with E-state index in [1.807, 2.05) is 0 Å². The monoisotopic (exact) mass is 288 g/mol. The first kappa shape index (κ1) is 15.5. The molecule has 21 heavy (non-hydrogen) atoms. The summed E-state index contributed by atoms with van der Waals surface area (Å²) in [5.41, 5.74) is 3.69. The van der Waals surface area contributed by atoms with Crippen molar-refractivity contribution in [3.8, 4) is 0 Å². The zero-order valence-corrected chi connectivity index (χ0v) is 13.1. The minimum absolute atomic E-state index is 0.000291. The molecule has 1 N–H and O–H groups in total. The molecule has 1 atom stereocenters. The number of aryl methyl sites for hydroxylation is 3. The van der Waals surface area contributed by atoms with Gasteiger partial charge in [-0.1, -0.05) is 23.8 Å². The molecular formula is C17H24N2O2. The Bertz CT molecular complexity index is 540. The summed E-state index contributed by atoms with van der Waals surface area (Å²) in [5.74, 6) is 0.151. The Labute approximate surface area is 126 Å². The minimum Gasteiger partial charge on any atom is -0.353 e. The van der Waals surface area contributed by atoms with Crippen molar-refractivity contribution in [2.45, 2.75) is 45.6 Å². The maximum absolute atomic E-state index is 12.0. The Balaban J connectivity index is 1.81. The molecule has 4 heteroatoms. The van der Waals surface area contributed by atoms with Gasteiger partial charge in [-0.15, -0.1) is 0 Å². The third-order valence-corrected chi connectivity index (χ3v) is 4.14. The van der Waals surface area contributed by atoms with E-state index in [0.29, 0.717) is 12.8 Å². The molecule has 0 radical (unpaired) electrons. The zero-order valence-electron chi connectivity index (χ0n) is 13.1. The average Bonchev–Trinajstić information content (AvgIpc) is 2.42. The number of rotatable bonds is 4. The molecule has 0 bridgehead atoms. The lowest BCUT2D eigenvalue weighted by molar-refractivity contribution is -0.133. The van der Waals surface area contributed by atoms with Gasteiger partial charge < -0.3 is 10.2 Å². The molecule has 0 saturated carbocycles. The van der Waals surface area contributed by atoms with Gasteiger partial charge in [0, 0.05) is 32.5 Å². The van der Waals surface area contributed by atoms with Crippen molar-refractivity contribution in [2.24, 2.45) is 0 Å². The van der Waals surface area contributed by atoms with Gasteiger partial charge in [-0.25, -0.2) is 0 Å². The molecule has 1 fully saturated rings. The quantitative estimate of drug-likeness (QED) is 0.921. The fraction of sp³-hybridized carbons (Fsp3) is 0.529. The third kappa shape index (κ3) is 4.31. The van der Waals surface area contributed by atoms with E-state index in [1.165, 1.54) is 16.7 Å². The number of amides is 2. The van der Waals surface area contributed by atoms with Gasteiger partial charge in [0.2, 0.25) is 11.8 Å². The second-order valence-corrected chi connectivity index (χ2v) is 6.00. The summed E-state index contributed by atoms with van der Waals surface area (Å²) >= 11 is 0. The number of nitrogens with one attached hydrogen (secondary N) is 1. The van der Waals surface area contributed by atoms with Crippen LogP contribution in [0, 0.1) is 13.8 Å². The molecule has 114 valence electrons. The number of nitrogens with zero attached hydrogens (tertiary/aromatic N) is 1. The van der Waals surface area contributed by atoms with Crippen LogP contribution >= 0.6 is 0 Å². The van der Waals surface area contributed by atoms with Crippen LogP contribution in [0.25, 0.3) is 0 Å². The molecular weight excluding hydrogens is 264 g/mol. The smallest absolute Gasteiger partial charge is 0.224 e. The standard InChI is InChI=1S/C17H24N2O2/c1-12-4-5-14(13(2)10-12)6-7-16(20)18-15-8-9-19(3)17(21)11-15/h4-5,10,15H,6-9,11H2,1-3H3,(H,18,20)/t15-/m1/s1. The first-order chi connectivity index (χ1) is 9.95. The van der Waals surface area contributed by atoms with Crippen molar-refractivity contribution in [1.29, 1.82) is 0 Å². The highest BCUT2D eigenvalue weighted by atomic mass is 16.2. The topological polar surface area (TPSA) is 49.4 Å². The highest BCUT2D eigenvalue weighted by molar-refractivity contribution is 5.80. The molecule has 1 heterocycles. The number of carbonyl (C=O) groups excluding carboxylic acids is 2. The van der Waals surface area contributed by atoms with E-state index in [9.17, 15) is 9.59 Å². The van der Waals surface area contributed by atoms with Crippen LogP contribution < -0.4 is 5.32 Å². The number of piperidine rings is 1. The van der Waals surface area contributed by atoms with Crippen molar-refractivity contribution in [3.05, 3.63) is 34.9 Å². The lowest BCUT2D eigenvalue weighted by atomic mass is 10.0. The second kappa shape index (κ2) is 6.74. The van der Waals surface area contributed by atoms with Crippen molar-refractivity contribution < 1.29 is 9.59 Å². The number of benzene rings is 1. The fourth-order valence-corrected chi connectivity index (χ4v) is 2.74. The minimum atomic E-state index is 0.000291. The molecule has 0 unspecified atom stereocenters. The Morgan fingerprint density at radius 2 is 2.14 bits per heavy atom. The summed E-state index contributed by atoms with van der Waals surface area (Å²) in [5, 5.41) is 2.98. The van der Waals surface area contributed by atoms with E-state index < -0.39 is 0 Å². The number of carbonyl (C=O) groups is 2. The van der Waals surface area contributed by atoms with Crippen LogP contribution in [-0.4, -0.2) is 36.3 Å². The summed E-state index contributed by atoms with van der Waals surface area (Å²) in [4.78, 5) is 25.4. The van der Waals surface area contributed by atoms with E-state index in [2.05, 4.69) is 37.4 Å². The van der Waals surface area contributed by atoms with Gasteiger partial charge in [-0.05, 0) is 37.8 Å². The van der Waals surface area contributed by atoms with Crippen LogP contribution in [0.2, 0.25) is 0 Å². The van der Waals surface area contributed by atoms with Gasteiger partial charge in [0.1, 0.15) is 0 Å². The van der Waals surface area contributed by atoms with Crippen molar-refractivity contribution in [1.82, 2.24) is 10.2 Å². The molecule has 0 aromatic heterocycles. The Morgan fingerprint density at radius 1 is 1.38 bits per heavy atom. The highest BCUT2D eigenvalue weighted by Crippen LogP contribution is 2.13. The second-order valence-electron chi connectivity index (χ2n) is 6.00. The maximum Gasteiger partial charge on any atom is 0.224 e. The first-order valence-corrected chi connectivity index (χ1v) is 7.55. The molecule has 1 saturated heterocycles.